The Hall–Kier alpha value is -3.03. The van der Waals surface area contributed by atoms with Gasteiger partial charge in [0.1, 0.15) is 5.75 Å². The highest BCUT2D eigenvalue weighted by Crippen LogP contribution is 2.30. The lowest BCUT2D eigenvalue weighted by atomic mass is 10.2. The monoisotopic (exact) mass is 416 g/mol. The van der Waals surface area contributed by atoms with E-state index in [1.54, 1.807) is 36.4 Å². The summed E-state index contributed by atoms with van der Waals surface area (Å²) in [4.78, 5) is 12.7. The van der Waals surface area contributed by atoms with Crippen molar-refractivity contribution in [2.24, 2.45) is 0 Å². The van der Waals surface area contributed by atoms with Crippen LogP contribution in [0.1, 0.15) is 10.4 Å². The molecule has 0 aliphatic heterocycles. The molecule has 144 valence electrons. The van der Waals surface area contributed by atoms with E-state index in [1.807, 2.05) is 18.2 Å². The zero-order valence-corrected chi connectivity index (χ0v) is 16.4. The molecule has 0 spiro atoms. The van der Waals surface area contributed by atoms with Gasteiger partial charge in [-0.3, -0.25) is 9.52 Å². The van der Waals surface area contributed by atoms with Crippen molar-refractivity contribution in [3.05, 3.63) is 83.4 Å². The second-order valence-corrected chi connectivity index (χ2v) is 8.09. The van der Waals surface area contributed by atoms with E-state index < -0.39 is 15.9 Å². The molecular weight excluding hydrogens is 400 g/mol. The van der Waals surface area contributed by atoms with Crippen LogP contribution in [0.25, 0.3) is 0 Å². The minimum atomic E-state index is -3.53. The third-order valence-electron chi connectivity index (χ3n) is 3.63. The van der Waals surface area contributed by atoms with Gasteiger partial charge < -0.3 is 10.1 Å². The maximum absolute atomic E-state index is 12.7. The Labute approximate surface area is 168 Å². The molecule has 3 aromatic rings. The van der Waals surface area contributed by atoms with Gasteiger partial charge in [-0.25, -0.2) is 8.42 Å². The largest absolute Gasteiger partial charge is 0.455 e. The van der Waals surface area contributed by atoms with Gasteiger partial charge in [0.15, 0.2) is 5.75 Å². The van der Waals surface area contributed by atoms with Crippen LogP contribution in [0.3, 0.4) is 0 Å². The van der Waals surface area contributed by atoms with Crippen molar-refractivity contribution < 1.29 is 17.9 Å². The van der Waals surface area contributed by atoms with E-state index in [4.69, 9.17) is 16.3 Å². The molecule has 3 rings (SSSR count). The molecule has 0 aromatic heterocycles. The number of ether oxygens (including phenoxy) is 1. The summed E-state index contributed by atoms with van der Waals surface area (Å²) in [6.45, 7) is 0. The van der Waals surface area contributed by atoms with Crippen LogP contribution in [0.2, 0.25) is 5.02 Å². The Kier molecular flexibility index (Phi) is 5.87. The molecular formula is C20H17ClN2O4S. The highest BCUT2D eigenvalue weighted by atomic mass is 35.5. The molecule has 1 amide bonds. The minimum Gasteiger partial charge on any atom is -0.455 e. The summed E-state index contributed by atoms with van der Waals surface area (Å²) in [5.41, 5.74) is 0.847. The number of hydrogen-bond donors (Lipinski definition) is 2. The van der Waals surface area contributed by atoms with Gasteiger partial charge in [-0.05, 0) is 42.5 Å². The summed E-state index contributed by atoms with van der Waals surface area (Å²) in [5.74, 6) is 0.679. The topological polar surface area (TPSA) is 84.5 Å². The fourth-order valence-corrected chi connectivity index (χ4v) is 3.20. The first-order valence-corrected chi connectivity index (χ1v) is 10.5. The molecule has 6 nitrogen and oxygen atoms in total. The molecule has 3 aromatic carbocycles. The lowest BCUT2D eigenvalue weighted by molar-refractivity contribution is 0.102. The number of para-hydroxylation sites is 3. The SMILES string of the molecule is CS(=O)(=O)Nc1cc(C(=O)Nc2ccccc2Oc2ccccc2)ccc1Cl. The van der Waals surface area contributed by atoms with Crippen LogP contribution in [0.15, 0.2) is 72.8 Å². The van der Waals surface area contributed by atoms with Crippen molar-refractivity contribution in [3.63, 3.8) is 0 Å². The Bertz CT molecular complexity index is 1100. The number of benzene rings is 3. The zero-order chi connectivity index (χ0) is 20.1. The molecule has 0 unspecified atom stereocenters. The van der Waals surface area contributed by atoms with Crippen LogP contribution >= 0.6 is 11.6 Å². The molecule has 0 saturated heterocycles. The van der Waals surface area contributed by atoms with E-state index >= 15 is 0 Å². The summed E-state index contributed by atoms with van der Waals surface area (Å²) in [6, 6.07) is 20.5. The Morgan fingerprint density at radius 3 is 2.32 bits per heavy atom. The van der Waals surface area contributed by atoms with Crippen molar-refractivity contribution in [2.75, 3.05) is 16.3 Å². The lowest BCUT2D eigenvalue weighted by Gasteiger charge is -2.13. The highest BCUT2D eigenvalue weighted by Gasteiger charge is 2.14. The van der Waals surface area contributed by atoms with Gasteiger partial charge in [0.2, 0.25) is 10.0 Å². The maximum Gasteiger partial charge on any atom is 0.255 e. The second kappa shape index (κ2) is 8.33. The van der Waals surface area contributed by atoms with Crippen molar-refractivity contribution >= 4 is 38.9 Å². The number of nitrogens with one attached hydrogen (secondary N) is 2. The molecule has 0 bridgehead atoms. The van der Waals surface area contributed by atoms with Crippen LogP contribution in [0.5, 0.6) is 11.5 Å². The molecule has 0 radical (unpaired) electrons. The number of carbonyl (C=O) groups is 1. The number of rotatable bonds is 6. The molecule has 0 aliphatic carbocycles. The van der Waals surface area contributed by atoms with Gasteiger partial charge in [0, 0.05) is 5.56 Å². The number of sulfonamides is 1. The fraction of sp³-hybridized carbons (Fsp3) is 0.0500. The number of hydrogen-bond acceptors (Lipinski definition) is 4. The van der Waals surface area contributed by atoms with Crippen LogP contribution in [-0.2, 0) is 10.0 Å². The van der Waals surface area contributed by atoms with Gasteiger partial charge in [0.05, 0.1) is 22.7 Å². The number of halogens is 1. The molecule has 28 heavy (non-hydrogen) atoms. The van der Waals surface area contributed by atoms with E-state index in [1.165, 1.54) is 18.2 Å². The third kappa shape index (κ3) is 5.25. The van der Waals surface area contributed by atoms with Crippen molar-refractivity contribution in [1.29, 1.82) is 0 Å². The molecule has 0 heterocycles. The molecule has 8 heteroatoms. The molecule has 0 fully saturated rings. The lowest BCUT2D eigenvalue weighted by Crippen LogP contribution is -2.14. The smallest absolute Gasteiger partial charge is 0.255 e. The minimum absolute atomic E-state index is 0.130. The van der Waals surface area contributed by atoms with Gasteiger partial charge in [-0.1, -0.05) is 41.9 Å². The number of anilines is 2. The summed E-state index contributed by atoms with van der Waals surface area (Å²) < 4.78 is 31.0. The zero-order valence-electron chi connectivity index (χ0n) is 14.8. The Morgan fingerprint density at radius 2 is 1.61 bits per heavy atom. The van der Waals surface area contributed by atoms with Crippen LogP contribution < -0.4 is 14.8 Å². The predicted molar refractivity (Wildman–Crippen MR) is 111 cm³/mol. The van der Waals surface area contributed by atoms with Crippen molar-refractivity contribution in [3.8, 4) is 11.5 Å². The van der Waals surface area contributed by atoms with E-state index in [0.29, 0.717) is 17.2 Å². The van der Waals surface area contributed by atoms with Gasteiger partial charge in [-0.15, -0.1) is 0 Å². The maximum atomic E-state index is 12.7. The Morgan fingerprint density at radius 1 is 0.929 bits per heavy atom. The van der Waals surface area contributed by atoms with E-state index in [9.17, 15) is 13.2 Å². The summed E-state index contributed by atoms with van der Waals surface area (Å²) in [7, 11) is -3.53. The summed E-state index contributed by atoms with van der Waals surface area (Å²) in [6.07, 6.45) is 1.01. The first-order valence-electron chi connectivity index (χ1n) is 8.22. The quantitative estimate of drug-likeness (QED) is 0.607. The second-order valence-electron chi connectivity index (χ2n) is 5.93. The molecule has 0 atom stereocenters. The number of amides is 1. The standard InChI is InChI=1S/C20H17ClN2O4S/c1-28(25,26)23-18-13-14(11-12-16(18)21)20(24)22-17-9-5-6-10-19(17)27-15-7-3-2-4-8-15/h2-13,23H,1H3,(H,22,24). The molecule has 0 saturated carbocycles. The third-order valence-corrected chi connectivity index (χ3v) is 4.55. The van der Waals surface area contributed by atoms with Crippen molar-refractivity contribution in [1.82, 2.24) is 0 Å². The van der Waals surface area contributed by atoms with Crippen LogP contribution in [-0.4, -0.2) is 20.6 Å². The van der Waals surface area contributed by atoms with Gasteiger partial charge in [0.25, 0.3) is 5.91 Å². The normalized spacial score (nSPS) is 10.9. The molecule has 0 aliphatic rings. The average molecular weight is 417 g/mol. The first-order chi connectivity index (χ1) is 13.3. The van der Waals surface area contributed by atoms with E-state index in [0.717, 1.165) is 6.26 Å². The summed E-state index contributed by atoms with van der Waals surface area (Å²) in [5, 5.41) is 2.96. The van der Waals surface area contributed by atoms with Gasteiger partial charge >= 0.3 is 0 Å². The highest BCUT2D eigenvalue weighted by molar-refractivity contribution is 7.92. The first kappa shape index (κ1) is 19.7. The summed E-state index contributed by atoms with van der Waals surface area (Å²) >= 11 is 6.00. The fourth-order valence-electron chi connectivity index (χ4n) is 2.41. The number of carbonyl (C=O) groups excluding carboxylic acids is 1. The Balaban J connectivity index is 1.83. The predicted octanol–water partition coefficient (Wildman–Crippen LogP) is 4.76. The van der Waals surface area contributed by atoms with Crippen molar-refractivity contribution in [2.45, 2.75) is 0 Å². The van der Waals surface area contributed by atoms with Gasteiger partial charge in [-0.2, -0.15) is 0 Å². The van der Waals surface area contributed by atoms with Crippen LogP contribution in [0.4, 0.5) is 11.4 Å². The van der Waals surface area contributed by atoms with E-state index in [-0.39, 0.29) is 16.3 Å². The average Bonchev–Trinajstić information content (AvgIpc) is 2.65. The van der Waals surface area contributed by atoms with E-state index in [2.05, 4.69) is 10.0 Å². The van der Waals surface area contributed by atoms with Crippen LogP contribution in [0, 0.1) is 0 Å². The molecule has 2 N–H and O–H groups in total.